The van der Waals surface area contributed by atoms with Crippen molar-refractivity contribution in [3.05, 3.63) is 112 Å². The summed E-state index contributed by atoms with van der Waals surface area (Å²) in [6, 6.07) is 33.1. The van der Waals surface area contributed by atoms with Crippen molar-refractivity contribution < 1.29 is 0 Å². The van der Waals surface area contributed by atoms with E-state index >= 15 is 0 Å². The number of hydrogen-bond acceptors (Lipinski definition) is 0. The molecule has 116 valence electrons. The molecule has 4 rings (SSSR count). The van der Waals surface area contributed by atoms with Gasteiger partial charge in [0, 0.05) is 0 Å². The second-order valence-corrected chi connectivity index (χ2v) is 12.6. The summed E-state index contributed by atoms with van der Waals surface area (Å²) in [5, 5.41) is 1.58. The molecule has 0 amide bonds. The normalized spacial score (nSPS) is 17.2. The molecule has 0 spiro atoms. The van der Waals surface area contributed by atoms with Crippen LogP contribution in [-0.4, -0.2) is 24.6 Å². The Kier molecular flexibility index (Phi) is 4.37. The molecule has 0 N–H and O–H groups in total. The van der Waals surface area contributed by atoms with Crippen molar-refractivity contribution in [3.8, 4) is 0 Å². The molecule has 3 aromatic carbocycles. The van der Waals surface area contributed by atoms with E-state index in [-0.39, 0.29) is 0 Å². The van der Waals surface area contributed by atoms with Gasteiger partial charge in [0.1, 0.15) is 0 Å². The Balaban J connectivity index is 1.95. The molecular formula is C22H20GeSi. The Morgan fingerprint density at radius 3 is 1.67 bits per heavy atom. The van der Waals surface area contributed by atoms with E-state index in [2.05, 4.69) is 95.9 Å². The average Bonchev–Trinajstić information content (AvgIpc) is 3.01. The summed E-state index contributed by atoms with van der Waals surface area (Å²) in [7, 11) is 1.10. The van der Waals surface area contributed by atoms with E-state index in [1.165, 1.54) is 16.7 Å². The van der Waals surface area contributed by atoms with Crippen LogP contribution in [0.4, 0.5) is 0 Å². The Morgan fingerprint density at radius 1 is 0.583 bits per heavy atom. The van der Waals surface area contributed by atoms with E-state index in [0.717, 1.165) is 10.2 Å². The van der Waals surface area contributed by atoms with Gasteiger partial charge in [-0.2, -0.15) is 0 Å². The van der Waals surface area contributed by atoms with E-state index in [0.29, 0.717) is 0 Å². The first-order chi connectivity index (χ1) is 11.8. The topological polar surface area (TPSA) is 0 Å². The van der Waals surface area contributed by atoms with Crippen LogP contribution < -0.4 is 4.40 Å². The molecule has 0 bridgehead atoms. The average molecular weight is 385 g/mol. The predicted molar refractivity (Wildman–Crippen MR) is 111 cm³/mol. The van der Waals surface area contributed by atoms with Crippen LogP contribution in [0.25, 0.3) is 9.98 Å². The molecule has 0 fully saturated rings. The Bertz CT molecular complexity index is 896. The molecule has 1 heterocycles. The summed E-state index contributed by atoms with van der Waals surface area (Å²) in [6.45, 7) is 0. The SMILES string of the molecule is [SiH3]C1=[CH][GeH]([c]2ccccc2)[C](c2ccccc2)=C1c1ccccc1. The fraction of sp³-hybridized carbons (Fsp3) is 0. The molecule has 1 aliphatic rings. The summed E-state index contributed by atoms with van der Waals surface area (Å²) in [5.74, 6) is 0. The first kappa shape index (κ1) is 15.4. The zero-order valence-electron chi connectivity index (χ0n) is 13.8. The Labute approximate surface area is 151 Å². The molecule has 1 atom stereocenters. The molecule has 0 saturated heterocycles. The van der Waals surface area contributed by atoms with E-state index < -0.39 is 14.3 Å². The van der Waals surface area contributed by atoms with Gasteiger partial charge in [0.05, 0.1) is 0 Å². The summed E-state index contributed by atoms with van der Waals surface area (Å²) in [6.07, 6.45) is 0. The summed E-state index contributed by atoms with van der Waals surface area (Å²) in [4.78, 5) is 2.65. The van der Waals surface area contributed by atoms with Gasteiger partial charge < -0.3 is 0 Å². The third-order valence-corrected chi connectivity index (χ3v) is 13.6. The predicted octanol–water partition coefficient (Wildman–Crippen LogP) is 3.07. The zero-order valence-corrected chi connectivity index (χ0v) is 18.2. The molecule has 0 nitrogen and oxygen atoms in total. The van der Waals surface area contributed by atoms with Crippen LogP contribution in [0, 0.1) is 0 Å². The van der Waals surface area contributed by atoms with Crippen molar-refractivity contribution in [2.45, 2.75) is 0 Å². The molecule has 24 heavy (non-hydrogen) atoms. The van der Waals surface area contributed by atoms with Gasteiger partial charge in [-0.3, -0.25) is 0 Å². The standard InChI is InChI=1S/C22H20GeSi/c24-20-16-23(19-14-8-3-9-15-19)22(18-12-6-2-7-13-18)21(20)17-10-4-1-5-11-17/h1-16,23H,24H3. The summed E-state index contributed by atoms with van der Waals surface area (Å²) in [5.41, 5.74) is 4.30. The molecule has 0 saturated carbocycles. The van der Waals surface area contributed by atoms with Crippen LogP contribution in [0.15, 0.2) is 101 Å². The zero-order chi connectivity index (χ0) is 16.4. The van der Waals surface area contributed by atoms with Gasteiger partial charge in [-0.15, -0.1) is 0 Å². The first-order valence-electron chi connectivity index (χ1n) is 8.43. The van der Waals surface area contributed by atoms with Crippen LogP contribution in [-0.2, 0) is 0 Å². The van der Waals surface area contributed by atoms with Crippen molar-refractivity contribution in [1.82, 2.24) is 0 Å². The second kappa shape index (κ2) is 6.80. The molecule has 1 aliphatic heterocycles. The van der Waals surface area contributed by atoms with Gasteiger partial charge >= 0.3 is 151 Å². The molecule has 0 radical (unpaired) electrons. The number of allylic oxidation sites excluding steroid dienone is 2. The van der Waals surface area contributed by atoms with Crippen LogP contribution in [0.2, 0.25) is 0 Å². The van der Waals surface area contributed by atoms with E-state index in [1.807, 2.05) is 0 Å². The quantitative estimate of drug-likeness (QED) is 0.609. The van der Waals surface area contributed by atoms with Crippen molar-refractivity contribution in [1.29, 1.82) is 0 Å². The molecule has 0 aliphatic carbocycles. The number of rotatable bonds is 3. The third kappa shape index (κ3) is 2.85. The van der Waals surface area contributed by atoms with Crippen LogP contribution in [0.3, 0.4) is 0 Å². The molecule has 1 unspecified atom stereocenters. The van der Waals surface area contributed by atoms with Crippen LogP contribution in [0.5, 0.6) is 0 Å². The van der Waals surface area contributed by atoms with Gasteiger partial charge in [-0.25, -0.2) is 0 Å². The maximum absolute atomic E-state index is 2.65. The third-order valence-electron chi connectivity index (χ3n) is 4.70. The van der Waals surface area contributed by atoms with Gasteiger partial charge in [0.2, 0.25) is 0 Å². The van der Waals surface area contributed by atoms with E-state index in [1.54, 1.807) is 14.0 Å². The minimum absolute atomic E-state index is 1.10. The molecular weight excluding hydrogens is 365 g/mol. The maximum atomic E-state index is 2.65. The van der Waals surface area contributed by atoms with Crippen molar-refractivity contribution in [3.63, 3.8) is 0 Å². The fourth-order valence-corrected chi connectivity index (χ4v) is 13.4. The number of hydrogen-bond donors (Lipinski definition) is 0. The summed E-state index contributed by atoms with van der Waals surface area (Å²) < 4.78 is 3.19. The van der Waals surface area contributed by atoms with Crippen molar-refractivity contribution in [2.75, 3.05) is 0 Å². The van der Waals surface area contributed by atoms with Crippen LogP contribution >= 0.6 is 0 Å². The van der Waals surface area contributed by atoms with Gasteiger partial charge in [-0.1, -0.05) is 0 Å². The Hall–Kier alpha value is -2.10. The van der Waals surface area contributed by atoms with Crippen molar-refractivity contribution in [2.24, 2.45) is 0 Å². The fourth-order valence-electron chi connectivity index (χ4n) is 3.64. The van der Waals surface area contributed by atoms with Gasteiger partial charge in [-0.05, 0) is 0 Å². The molecule has 3 aromatic rings. The number of benzene rings is 3. The van der Waals surface area contributed by atoms with Gasteiger partial charge in [0.15, 0.2) is 0 Å². The monoisotopic (exact) mass is 386 g/mol. The molecule has 2 heteroatoms. The molecule has 0 aromatic heterocycles. The van der Waals surface area contributed by atoms with E-state index in [4.69, 9.17) is 0 Å². The second-order valence-electron chi connectivity index (χ2n) is 6.26. The minimum atomic E-state index is -1.89. The van der Waals surface area contributed by atoms with E-state index in [9.17, 15) is 0 Å². The van der Waals surface area contributed by atoms with Crippen LogP contribution in [0.1, 0.15) is 11.1 Å². The summed E-state index contributed by atoms with van der Waals surface area (Å²) >= 11 is -1.89. The van der Waals surface area contributed by atoms with Crippen molar-refractivity contribution >= 4 is 39.0 Å². The first-order valence-corrected chi connectivity index (χ1v) is 13.3. The Morgan fingerprint density at radius 2 is 1.08 bits per heavy atom. The van der Waals surface area contributed by atoms with Gasteiger partial charge in [0.25, 0.3) is 0 Å².